The van der Waals surface area contributed by atoms with E-state index < -0.39 is 13.7 Å². The van der Waals surface area contributed by atoms with Gasteiger partial charge in [0, 0.05) is 79.4 Å². The van der Waals surface area contributed by atoms with Crippen LogP contribution in [-0.2, 0) is 11.8 Å². The van der Waals surface area contributed by atoms with Crippen LogP contribution in [0.15, 0.2) is 144 Å². The van der Waals surface area contributed by atoms with E-state index in [0.29, 0.717) is 11.5 Å². The highest BCUT2D eigenvalue weighted by molar-refractivity contribution is 8.12. The maximum Gasteiger partial charge on any atom is 0.413 e. The lowest BCUT2D eigenvalue weighted by Gasteiger charge is -2.30. The minimum Gasteiger partial charge on any atom is -0.419 e. The van der Waals surface area contributed by atoms with E-state index in [4.69, 9.17) is 25.4 Å². The molecule has 0 aromatic heterocycles. The van der Waals surface area contributed by atoms with Gasteiger partial charge in [0.2, 0.25) is 0 Å². The quantitative estimate of drug-likeness (QED) is 0.152. The Hall–Kier alpha value is -3.82. The Labute approximate surface area is 254 Å². The summed E-state index contributed by atoms with van der Waals surface area (Å²) in [6.45, 7) is -3.41. The molecule has 0 amide bonds. The molecule has 42 heavy (non-hydrogen) atoms. The summed E-state index contributed by atoms with van der Waals surface area (Å²) < 4.78 is 19.1. The topological polar surface area (TPSA) is 37.3 Å². The van der Waals surface area contributed by atoms with Crippen LogP contribution < -0.4 is 34.8 Å². The number of hydrogen-bond acceptors (Lipinski definition) is 5. The first-order valence-electron chi connectivity index (χ1n) is 13.6. The van der Waals surface area contributed by atoms with E-state index in [0.717, 1.165) is 27.3 Å². The Bertz CT molecular complexity index is 1570. The lowest BCUT2D eigenvalue weighted by molar-refractivity contribution is 0.489. The molecule has 0 radical (unpaired) electrons. The smallest absolute Gasteiger partial charge is 0.413 e. The van der Waals surface area contributed by atoms with E-state index in [1.54, 1.807) is 0 Å². The van der Waals surface area contributed by atoms with E-state index in [1.807, 2.05) is 105 Å². The van der Waals surface area contributed by atoms with Crippen molar-refractivity contribution in [1.29, 1.82) is 0 Å². The molecule has 0 aliphatic rings. The molecule has 0 saturated heterocycles. The highest BCUT2D eigenvalue weighted by atomic mass is 32.5. The summed E-state index contributed by atoms with van der Waals surface area (Å²) in [4.78, 5) is 4.06. The van der Waals surface area contributed by atoms with E-state index in [-0.39, 0.29) is 0 Å². The minimum atomic E-state index is -3.41. The number of benzene rings is 5. The molecule has 0 saturated carbocycles. The Morgan fingerprint density at radius 2 is 0.857 bits per heavy atom. The van der Waals surface area contributed by atoms with E-state index in [2.05, 4.69) is 72.8 Å². The van der Waals surface area contributed by atoms with Crippen molar-refractivity contribution in [3.8, 4) is 11.5 Å². The number of hydrogen-bond donors (Lipinski definition) is 0. The van der Waals surface area contributed by atoms with Crippen molar-refractivity contribution in [2.45, 2.75) is 0 Å². The Morgan fingerprint density at radius 3 is 1.19 bits per heavy atom. The first kappa shape index (κ1) is 29.7. The first-order valence-corrected chi connectivity index (χ1v) is 18.0. The molecule has 0 spiro atoms. The number of rotatable bonds is 10. The summed E-state index contributed by atoms with van der Waals surface area (Å²) in [6, 6.07) is 47.0. The highest BCUT2D eigenvalue weighted by Crippen LogP contribution is 2.61. The zero-order valence-electron chi connectivity index (χ0n) is 24.2. The van der Waals surface area contributed by atoms with Crippen molar-refractivity contribution in [3.05, 3.63) is 140 Å². The summed E-state index contributed by atoms with van der Waals surface area (Å²) in [5.41, 5.74) is 2.00. The van der Waals surface area contributed by atoms with Crippen molar-refractivity contribution >= 4 is 52.8 Å². The fourth-order valence-corrected chi connectivity index (χ4v) is 12.5. The molecule has 8 heteroatoms. The van der Waals surface area contributed by atoms with Crippen molar-refractivity contribution in [1.82, 2.24) is 0 Å². The predicted molar refractivity (Wildman–Crippen MR) is 185 cm³/mol. The molecular weight excluding hydrogens is 576 g/mol. The molecule has 0 unspecified atom stereocenters. The molecule has 5 nitrogen and oxygen atoms in total. The summed E-state index contributed by atoms with van der Waals surface area (Å²) >= 11 is 6.43. The lowest BCUT2D eigenvalue weighted by atomic mass is 10.3. The zero-order chi connectivity index (χ0) is 29.6. The van der Waals surface area contributed by atoms with Crippen LogP contribution in [0.5, 0.6) is 11.5 Å². The minimum absolute atomic E-state index is 0.615. The van der Waals surface area contributed by atoms with Gasteiger partial charge in [-0.25, -0.2) is 0 Å². The summed E-state index contributed by atoms with van der Waals surface area (Å²) in [5, 5.41) is 3.23. The molecule has 0 bridgehead atoms. The molecule has 5 rings (SSSR count). The van der Waals surface area contributed by atoms with E-state index >= 15 is 0 Å². The number of anilines is 2. The third-order valence-corrected chi connectivity index (χ3v) is 13.8. The van der Waals surface area contributed by atoms with Crippen molar-refractivity contribution in [2.24, 2.45) is 4.52 Å². The summed E-state index contributed by atoms with van der Waals surface area (Å²) in [5.74, 6) is 1.23. The summed E-state index contributed by atoms with van der Waals surface area (Å²) in [6.07, 6.45) is 0. The standard InChI is InChI=1S/C34H35N3O2P2S/c1-36(2)28-16-14-18-30(26-28)38-41(42,39-31-19-15-17-29(27-31)37(3)4)35-40(32-20-8-5-9-21-32,33-22-10-6-11-23-33)34-24-12-7-13-25-34/h5-27H,1-4H3. The van der Waals surface area contributed by atoms with Gasteiger partial charge < -0.3 is 18.8 Å². The molecule has 0 aliphatic heterocycles. The van der Waals surface area contributed by atoms with Gasteiger partial charge in [-0.05, 0) is 24.3 Å². The van der Waals surface area contributed by atoms with Gasteiger partial charge in [0.1, 0.15) is 11.5 Å². The maximum absolute atomic E-state index is 6.74. The average molecular weight is 612 g/mol. The Morgan fingerprint density at radius 1 is 0.500 bits per heavy atom. The van der Waals surface area contributed by atoms with Crippen LogP contribution in [0.1, 0.15) is 0 Å². The van der Waals surface area contributed by atoms with Crippen LogP contribution in [0.25, 0.3) is 0 Å². The SMILES string of the molecule is CN(C)c1cccc(OP(=S)(N=P(c2ccccc2)(c2ccccc2)c2ccccc2)Oc2cccc(N(C)C)c2)c1. The van der Waals surface area contributed by atoms with Crippen LogP contribution in [0.3, 0.4) is 0 Å². The molecule has 0 atom stereocenters. The van der Waals surface area contributed by atoms with Crippen LogP contribution in [0.2, 0.25) is 0 Å². The second-order valence-electron chi connectivity index (χ2n) is 10.2. The zero-order valence-corrected chi connectivity index (χ0v) is 26.8. The monoisotopic (exact) mass is 611 g/mol. The van der Waals surface area contributed by atoms with E-state index in [1.165, 1.54) is 0 Å². The van der Waals surface area contributed by atoms with Gasteiger partial charge in [-0.3, -0.25) is 0 Å². The Kier molecular flexibility index (Phi) is 9.18. The fourth-order valence-electron chi connectivity index (χ4n) is 4.66. The average Bonchev–Trinajstić information content (AvgIpc) is 3.01. The van der Waals surface area contributed by atoms with Crippen molar-refractivity contribution in [2.75, 3.05) is 38.0 Å². The molecule has 0 heterocycles. The number of nitrogens with zero attached hydrogens (tertiary/aromatic N) is 3. The van der Waals surface area contributed by atoms with Gasteiger partial charge in [-0.15, -0.1) is 0 Å². The van der Waals surface area contributed by atoms with Crippen LogP contribution in [-0.4, -0.2) is 28.2 Å². The first-order chi connectivity index (χ1) is 20.3. The fraction of sp³-hybridized carbons (Fsp3) is 0.118. The van der Waals surface area contributed by atoms with Gasteiger partial charge in [0.15, 0.2) is 0 Å². The van der Waals surface area contributed by atoms with Crippen molar-refractivity contribution < 1.29 is 9.05 Å². The van der Waals surface area contributed by atoms with Gasteiger partial charge >= 0.3 is 6.64 Å². The van der Waals surface area contributed by atoms with Crippen LogP contribution >= 0.6 is 13.7 Å². The third kappa shape index (κ3) is 6.63. The maximum atomic E-state index is 6.74. The molecule has 214 valence electrons. The Balaban J connectivity index is 1.81. The summed E-state index contributed by atoms with van der Waals surface area (Å²) in [7, 11) is 5.29. The highest BCUT2D eigenvalue weighted by Gasteiger charge is 2.34. The molecule has 0 aliphatic carbocycles. The molecule has 0 fully saturated rings. The third-order valence-electron chi connectivity index (χ3n) is 6.74. The molecule has 5 aromatic carbocycles. The molecule has 0 N–H and O–H groups in total. The van der Waals surface area contributed by atoms with Crippen molar-refractivity contribution in [3.63, 3.8) is 0 Å². The second kappa shape index (κ2) is 13.0. The van der Waals surface area contributed by atoms with Crippen LogP contribution in [0, 0.1) is 0 Å². The molecular formula is C34H35N3O2P2S. The van der Waals surface area contributed by atoms with Gasteiger partial charge in [-0.2, -0.15) is 4.52 Å². The largest absolute Gasteiger partial charge is 0.419 e. The second-order valence-corrected chi connectivity index (χ2v) is 16.4. The normalized spacial score (nSPS) is 11.4. The lowest BCUT2D eigenvalue weighted by Crippen LogP contribution is -2.25. The van der Waals surface area contributed by atoms with E-state index in [9.17, 15) is 0 Å². The van der Waals surface area contributed by atoms with Gasteiger partial charge in [0.25, 0.3) is 0 Å². The van der Waals surface area contributed by atoms with Gasteiger partial charge in [0.05, 0.1) is 7.05 Å². The predicted octanol–water partition coefficient (Wildman–Crippen LogP) is 7.68. The molecule has 5 aromatic rings. The van der Waals surface area contributed by atoms with Gasteiger partial charge in [-0.1, -0.05) is 103 Å². The van der Waals surface area contributed by atoms with Crippen LogP contribution in [0.4, 0.5) is 11.4 Å².